The Labute approximate surface area is 127 Å². The molecule has 0 bridgehead atoms. The quantitative estimate of drug-likeness (QED) is 0.806. The van der Waals surface area contributed by atoms with Crippen LogP contribution in [0.4, 0.5) is 5.69 Å². The van der Waals surface area contributed by atoms with E-state index < -0.39 is 10.0 Å². The summed E-state index contributed by atoms with van der Waals surface area (Å²) in [4.78, 5) is 13.8. The van der Waals surface area contributed by atoms with Crippen LogP contribution in [-0.2, 0) is 14.8 Å². The smallest absolute Gasteiger partial charge is 0.243 e. The number of carbonyl (C=O) groups excluding carboxylic acids is 1. The molecular formula is C15H24N2O3S. The number of rotatable bonds is 6. The molecule has 0 aromatic heterocycles. The van der Waals surface area contributed by atoms with E-state index in [0.29, 0.717) is 18.8 Å². The summed E-state index contributed by atoms with van der Waals surface area (Å²) in [6, 6.07) is 5.40. The third-order valence-corrected chi connectivity index (χ3v) is 4.71. The maximum Gasteiger partial charge on any atom is 0.243 e. The first-order chi connectivity index (χ1) is 9.70. The topological polar surface area (TPSA) is 57.7 Å². The highest BCUT2D eigenvalue weighted by atomic mass is 32.2. The van der Waals surface area contributed by atoms with Gasteiger partial charge in [-0.3, -0.25) is 9.10 Å². The highest BCUT2D eigenvalue weighted by molar-refractivity contribution is 7.92. The van der Waals surface area contributed by atoms with Crippen molar-refractivity contribution in [1.29, 1.82) is 0 Å². The van der Waals surface area contributed by atoms with Crippen molar-refractivity contribution in [3.05, 3.63) is 29.3 Å². The van der Waals surface area contributed by atoms with Gasteiger partial charge in [-0.2, -0.15) is 0 Å². The van der Waals surface area contributed by atoms with Gasteiger partial charge in [0.15, 0.2) is 0 Å². The van der Waals surface area contributed by atoms with E-state index in [1.165, 1.54) is 4.31 Å². The summed E-state index contributed by atoms with van der Waals surface area (Å²) in [6.07, 6.45) is 1.12. The molecule has 0 saturated carbocycles. The summed E-state index contributed by atoms with van der Waals surface area (Å²) in [5, 5.41) is 0. The third kappa shape index (κ3) is 4.46. The maximum absolute atomic E-state index is 12.2. The van der Waals surface area contributed by atoms with Crippen molar-refractivity contribution >= 4 is 21.6 Å². The van der Waals surface area contributed by atoms with Gasteiger partial charge < -0.3 is 4.90 Å². The second-order valence-corrected chi connectivity index (χ2v) is 7.01. The van der Waals surface area contributed by atoms with E-state index in [9.17, 15) is 13.2 Å². The molecule has 0 spiro atoms. The molecule has 0 aliphatic heterocycles. The molecule has 0 unspecified atom stereocenters. The molecule has 1 aromatic carbocycles. The highest BCUT2D eigenvalue weighted by Gasteiger charge is 2.23. The fraction of sp³-hybridized carbons (Fsp3) is 0.533. The minimum absolute atomic E-state index is 0.164. The fourth-order valence-electron chi connectivity index (χ4n) is 2.08. The predicted octanol–water partition coefficient (Wildman–Crippen LogP) is 1.94. The second kappa shape index (κ2) is 6.93. The highest BCUT2D eigenvalue weighted by Crippen LogP contribution is 2.21. The van der Waals surface area contributed by atoms with Crippen LogP contribution in [0.15, 0.2) is 18.2 Å². The molecule has 1 rings (SSSR count). The number of nitrogens with zero attached hydrogens (tertiary/aromatic N) is 2. The summed E-state index contributed by atoms with van der Waals surface area (Å²) >= 11 is 0. The molecular weight excluding hydrogens is 288 g/mol. The molecule has 1 amide bonds. The van der Waals surface area contributed by atoms with Crippen molar-refractivity contribution in [3.63, 3.8) is 0 Å². The minimum atomic E-state index is -3.51. The number of anilines is 1. The monoisotopic (exact) mass is 312 g/mol. The largest absolute Gasteiger partial charge is 0.342 e. The summed E-state index contributed by atoms with van der Waals surface area (Å²) in [5.41, 5.74) is 2.61. The lowest BCUT2D eigenvalue weighted by atomic mass is 10.1. The van der Waals surface area contributed by atoms with Crippen molar-refractivity contribution in [2.75, 3.05) is 30.2 Å². The SMILES string of the molecule is CCN(CC)C(=O)CN(c1ccc(C)c(C)c1)S(C)(=O)=O. The van der Waals surface area contributed by atoms with Gasteiger partial charge in [-0.05, 0) is 51.0 Å². The van der Waals surface area contributed by atoms with Crippen LogP contribution in [-0.4, -0.2) is 45.1 Å². The molecule has 0 aliphatic carbocycles. The second-order valence-electron chi connectivity index (χ2n) is 5.10. The van der Waals surface area contributed by atoms with Crippen LogP contribution in [0.25, 0.3) is 0 Å². The lowest BCUT2D eigenvalue weighted by molar-refractivity contribution is -0.129. The van der Waals surface area contributed by atoms with Crippen LogP contribution in [0.1, 0.15) is 25.0 Å². The molecule has 0 N–H and O–H groups in total. The molecule has 6 heteroatoms. The number of sulfonamides is 1. The van der Waals surface area contributed by atoms with E-state index in [4.69, 9.17) is 0 Å². The van der Waals surface area contributed by atoms with Crippen LogP contribution in [0.5, 0.6) is 0 Å². The van der Waals surface area contributed by atoms with E-state index in [0.717, 1.165) is 17.4 Å². The van der Waals surface area contributed by atoms with E-state index in [2.05, 4.69) is 0 Å². The molecule has 0 saturated heterocycles. The number of aryl methyl sites for hydroxylation is 2. The number of hydrogen-bond donors (Lipinski definition) is 0. The lowest BCUT2D eigenvalue weighted by Gasteiger charge is -2.26. The Hall–Kier alpha value is -1.56. The van der Waals surface area contributed by atoms with Crippen molar-refractivity contribution < 1.29 is 13.2 Å². The Morgan fingerprint density at radius 3 is 2.10 bits per heavy atom. The molecule has 0 aliphatic rings. The van der Waals surface area contributed by atoms with Gasteiger partial charge in [-0.1, -0.05) is 6.07 Å². The van der Waals surface area contributed by atoms with Gasteiger partial charge in [0, 0.05) is 13.1 Å². The Morgan fingerprint density at radius 1 is 1.10 bits per heavy atom. The molecule has 0 radical (unpaired) electrons. The van der Waals surface area contributed by atoms with Gasteiger partial charge in [-0.15, -0.1) is 0 Å². The first-order valence-corrected chi connectivity index (χ1v) is 8.88. The molecule has 21 heavy (non-hydrogen) atoms. The zero-order chi connectivity index (χ0) is 16.2. The van der Waals surface area contributed by atoms with Crippen LogP contribution in [0.3, 0.4) is 0 Å². The van der Waals surface area contributed by atoms with Crippen molar-refractivity contribution in [2.24, 2.45) is 0 Å². The van der Waals surface area contributed by atoms with Gasteiger partial charge in [0.1, 0.15) is 6.54 Å². The van der Waals surface area contributed by atoms with Crippen LogP contribution in [0, 0.1) is 13.8 Å². The van der Waals surface area contributed by atoms with Gasteiger partial charge in [0.25, 0.3) is 0 Å². The molecule has 5 nitrogen and oxygen atoms in total. The standard InChI is InChI=1S/C15H24N2O3S/c1-6-16(7-2)15(18)11-17(21(5,19)20)14-9-8-12(3)13(4)10-14/h8-10H,6-7,11H2,1-5H3. The fourth-order valence-corrected chi connectivity index (χ4v) is 2.92. The van der Waals surface area contributed by atoms with Crippen LogP contribution >= 0.6 is 0 Å². The minimum Gasteiger partial charge on any atom is -0.342 e. The van der Waals surface area contributed by atoms with Crippen molar-refractivity contribution in [1.82, 2.24) is 4.90 Å². The van der Waals surface area contributed by atoms with E-state index in [1.807, 2.05) is 33.8 Å². The summed E-state index contributed by atoms with van der Waals surface area (Å²) < 4.78 is 25.2. The molecule has 0 fully saturated rings. The van der Waals surface area contributed by atoms with E-state index >= 15 is 0 Å². The molecule has 0 atom stereocenters. The third-order valence-electron chi connectivity index (χ3n) is 3.57. The number of likely N-dealkylation sites (N-methyl/N-ethyl adjacent to an activating group) is 1. The molecule has 0 heterocycles. The lowest BCUT2D eigenvalue weighted by Crippen LogP contribution is -2.42. The van der Waals surface area contributed by atoms with E-state index in [1.54, 1.807) is 17.0 Å². The van der Waals surface area contributed by atoms with Crippen LogP contribution in [0.2, 0.25) is 0 Å². The first kappa shape index (κ1) is 17.5. The maximum atomic E-state index is 12.2. The van der Waals surface area contributed by atoms with Crippen molar-refractivity contribution in [3.8, 4) is 0 Å². The van der Waals surface area contributed by atoms with Gasteiger partial charge >= 0.3 is 0 Å². The number of hydrogen-bond acceptors (Lipinski definition) is 3. The summed E-state index contributed by atoms with van der Waals surface area (Å²) in [5.74, 6) is -0.191. The Morgan fingerprint density at radius 2 is 1.67 bits per heavy atom. The van der Waals surface area contributed by atoms with Gasteiger partial charge in [0.2, 0.25) is 15.9 Å². The Kier molecular flexibility index (Phi) is 5.78. The Bertz CT molecular complexity index is 607. The van der Waals surface area contributed by atoms with Gasteiger partial charge in [0.05, 0.1) is 11.9 Å². The average Bonchev–Trinajstić information content (AvgIpc) is 2.39. The van der Waals surface area contributed by atoms with E-state index in [-0.39, 0.29) is 12.5 Å². The summed E-state index contributed by atoms with van der Waals surface area (Å²) in [7, 11) is -3.51. The molecule has 1 aromatic rings. The Balaban J connectivity index is 3.13. The predicted molar refractivity (Wildman–Crippen MR) is 86.0 cm³/mol. The number of carbonyl (C=O) groups is 1. The normalized spacial score (nSPS) is 11.3. The summed E-state index contributed by atoms with van der Waals surface area (Å²) in [6.45, 7) is 8.61. The first-order valence-electron chi connectivity index (χ1n) is 7.03. The zero-order valence-corrected chi connectivity index (χ0v) is 14.2. The average molecular weight is 312 g/mol. The van der Waals surface area contributed by atoms with Crippen molar-refractivity contribution in [2.45, 2.75) is 27.7 Å². The number of amides is 1. The number of benzene rings is 1. The molecule has 118 valence electrons. The zero-order valence-electron chi connectivity index (χ0n) is 13.4. The van der Waals surface area contributed by atoms with Gasteiger partial charge in [-0.25, -0.2) is 8.42 Å². The van der Waals surface area contributed by atoms with Crippen LogP contribution < -0.4 is 4.31 Å².